The number of hydrogen-bond acceptors (Lipinski definition) is 4. The molecule has 2 rings (SSSR count). The number of carboxylic acid groups (broad SMARTS) is 4. The summed E-state index contributed by atoms with van der Waals surface area (Å²) in [5.74, 6) is -7.07. The Morgan fingerprint density at radius 2 is 1.07 bits per heavy atom. The summed E-state index contributed by atoms with van der Waals surface area (Å²) in [6.45, 7) is 0. The van der Waals surface area contributed by atoms with Crippen LogP contribution >= 0.6 is 0 Å². The smallest absolute Gasteiger partial charge is 0.417 e. The minimum atomic E-state index is -5.11. The van der Waals surface area contributed by atoms with E-state index in [2.05, 4.69) is 0 Å². The van der Waals surface area contributed by atoms with E-state index in [0.717, 1.165) is 12.1 Å². The molecule has 146 valence electrons. The number of carbonyl (C=O) groups is 4. The maximum atomic E-state index is 13.4. The van der Waals surface area contributed by atoms with Gasteiger partial charge in [0.15, 0.2) is 0 Å². The first-order chi connectivity index (χ1) is 12.8. The zero-order valence-corrected chi connectivity index (χ0v) is 13.4. The summed E-state index contributed by atoms with van der Waals surface area (Å²) in [5, 5.41) is 36.2. The highest BCUT2D eigenvalue weighted by atomic mass is 19.4. The molecule has 0 radical (unpaired) electrons. The molecule has 4 N–H and O–H groups in total. The van der Waals surface area contributed by atoms with Gasteiger partial charge in [-0.25, -0.2) is 19.2 Å². The summed E-state index contributed by atoms with van der Waals surface area (Å²) in [6.07, 6.45) is -5.11. The Morgan fingerprint density at radius 1 is 0.643 bits per heavy atom. The van der Waals surface area contributed by atoms with E-state index in [1.165, 1.54) is 0 Å². The largest absolute Gasteiger partial charge is 0.478 e. The first-order valence-electron chi connectivity index (χ1n) is 7.17. The van der Waals surface area contributed by atoms with Gasteiger partial charge < -0.3 is 20.4 Å². The van der Waals surface area contributed by atoms with Gasteiger partial charge in [0.05, 0.1) is 27.8 Å². The number of aromatic carboxylic acids is 4. The molecule has 0 aromatic heterocycles. The fourth-order valence-electron chi connectivity index (χ4n) is 2.50. The van der Waals surface area contributed by atoms with Crippen molar-refractivity contribution in [1.82, 2.24) is 0 Å². The number of carboxylic acids is 4. The molecule has 0 heterocycles. The molecule has 0 aliphatic rings. The summed E-state index contributed by atoms with van der Waals surface area (Å²) in [5.41, 5.74) is -6.35. The van der Waals surface area contributed by atoms with Gasteiger partial charge in [0.1, 0.15) is 0 Å². The predicted molar refractivity (Wildman–Crippen MR) is 84.7 cm³/mol. The standard InChI is InChI=1S/C17H9F3O8/c18-17(19,20)12-5-11(16(27)28)10(15(25)26)4-8(12)6-1-2-7(13(21)22)9(3-6)14(23)24/h1-5H,(H,21,22)(H,23,24)(H,25,26)(H,27,28). The van der Waals surface area contributed by atoms with Gasteiger partial charge in [-0.2, -0.15) is 13.2 Å². The van der Waals surface area contributed by atoms with Crippen molar-refractivity contribution in [3.63, 3.8) is 0 Å². The van der Waals surface area contributed by atoms with Gasteiger partial charge in [-0.3, -0.25) is 0 Å². The van der Waals surface area contributed by atoms with Crippen molar-refractivity contribution in [2.45, 2.75) is 6.18 Å². The highest BCUT2D eigenvalue weighted by molar-refractivity contribution is 6.05. The summed E-state index contributed by atoms with van der Waals surface area (Å²) in [4.78, 5) is 44.7. The van der Waals surface area contributed by atoms with Crippen LogP contribution in [0.25, 0.3) is 11.1 Å². The highest BCUT2D eigenvalue weighted by Crippen LogP contribution is 2.39. The van der Waals surface area contributed by atoms with Gasteiger partial charge in [-0.15, -0.1) is 0 Å². The molecule has 0 fully saturated rings. The lowest BCUT2D eigenvalue weighted by atomic mass is 9.91. The van der Waals surface area contributed by atoms with Gasteiger partial charge in [-0.1, -0.05) is 6.07 Å². The number of benzene rings is 2. The van der Waals surface area contributed by atoms with Gasteiger partial charge in [0, 0.05) is 0 Å². The van der Waals surface area contributed by atoms with E-state index < -0.39 is 69.0 Å². The normalized spacial score (nSPS) is 11.1. The third-order valence-electron chi connectivity index (χ3n) is 3.72. The molecule has 0 amide bonds. The molecule has 0 bridgehead atoms. The zero-order valence-electron chi connectivity index (χ0n) is 13.4. The average molecular weight is 398 g/mol. The lowest BCUT2D eigenvalue weighted by Crippen LogP contribution is -2.15. The van der Waals surface area contributed by atoms with E-state index in [0.29, 0.717) is 12.1 Å². The fraction of sp³-hybridized carbons (Fsp3) is 0.0588. The van der Waals surface area contributed by atoms with Crippen LogP contribution in [-0.2, 0) is 6.18 Å². The van der Waals surface area contributed by atoms with Crippen LogP contribution in [0, 0.1) is 0 Å². The predicted octanol–water partition coefficient (Wildman–Crippen LogP) is 3.17. The molecule has 8 nitrogen and oxygen atoms in total. The van der Waals surface area contributed by atoms with Crippen LogP contribution in [0.2, 0.25) is 0 Å². The van der Waals surface area contributed by atoms with E-state index in [9.17, 15) is 32.3 Å². The first kappa shape index (κ1) is 20.4. The van der Waals surface area contributed by atoms with E-state index >= 15 is 0 Å². The lowest BCUT2D eigenvalue weighted by molar-refractivity contribution is -0.137. The minimum Gasteiger partial charge on any atom is -0.478 e. The summed E-state index contributed by atoms with van der Waals surface area (Å²) in [6, 6.07) is 2.85. The van der Waals surface area contributed by atoms with Crippen molar-refractivity contribution >= 4 is 23.9 Å². The lowest BCUT2D eigenvalue weighted by Gasteiger charge is -2.16. The van der Waals surface area contributed by atoms with Crippen LogP contribution in [0.15, 0.2) is 30.3 Å². The topological polar surface area (TPSA) is 149 Å². The monoisotopic (exact) mass is 398 g/mol. The van der Waals surface area contributed by atoms with E-state index in [-0.39, 0.29) is 6.07 Å². The second-order valence-electron chi connectivity index (χ2n) is 5.42. The molecule has 0 atom stereocenters. The van der Waals surface area contributed by atoms with Gasteiger partial charge in [0.2, 0.25) is 0 Å². The number of hydrogen-bond donors (Lipinski definition) is 4. The van der Waals surface area contributed by atoms with E-state index in [1.807, 2.05) is 0 Å². The van der Waals surface area contributed by atoms with E-state index in [4.69, 9.17) is 20.4 Å². The average Bonchev–Trinajstić information content (AvgIpc) is 2.58. The van der Waals surface area contributed by atoms with Crippen LogP contribution in [-0.4, -0.2) is 44.3 Å². The Hall–Kier alpha value is -3.89. The Morgan fingerprint density at radius 3 is 1.50 bits per heavy atom. The van der Waals surface area contributed by atoms with Crippen LogP contribution in [0.1, 0.15) is 47.0 Å². The van der Waals surface area contributed by atoms with E-state index in [1.54, 1.807) is 0 Å². The number of halogens is 3. The van der Waals surface area contributed by atoms with Crippen molar-refractivity contribution in [2.24, 2.45) is 0 Å². The Labute approximate surface area is 153 Å². The molecule has 0 unspecified atom stereocenters. The molecule has 0 aliphatic heterocycles. The SMILES string of the molecule is O=C(O)c1ccc(-c2cc(C(=O)O)c(C(=O)O)cc2C(F)(F)F)cc1C(=O)O. The Balaban J connectivity index is 2.91. The quantitative estimate of drug-likeness (QED) is 0.600. The molecular weight excluding hydrogens is 389 g/mol. The second kappa shape index (κ2) is 7.02. The first-order valence-corrected chi connectivity index (χ1v) is 7.17. The molecule has 2 aromatic carbocycles. The number of alkyl halides is 3. The Bertz CT molecular complexity index is 1020. The van der Waals surface area contributed by atoms with Crippen LogP contribution in [0.3, 0.4) is 0 Å². The number of rotatable bonds is 5. The fourth-order valence-corrected chi connectivity index (χ4v) is 2.50. The summed E-state index contributed by atoms with van der Waals surface area (Å²) < 4.78 is 40.3. The van der Waals surface area contributed by atoms with Gasteiger partial charge >= 0.3 is 30.1 Å². The van der Waals surface area contributed by atoms with Crippen molar-refractivity contribution in [2.75, 3.05) is 0 Å². The maximum absolute atomic E-state index is 13.4. The molecule has 0 saturated carbocycles. The molecule has 0 spiro atoms. The van der Waals surface area contributed by atoms with Crippen molar-refractivity contribution < 1.29 is 52.8 Å². The van der Waals surface area contributed by atoms with Crippen molar-refractivity contribution in [3.8, 4) is 11.1 Å². The molecular formula is C17H9F3O8. The molecule has 28 heavy (non-hydrogen) atoms. The third kappa shape index (κ3) is 3.77. The second-order valence-corrected chi connectivity index (χ2v) is 5.42. The van der Waals surface area contributed by atoms with Crippen LogP contribution in [0.4, 0.5) is 13.2 Å². The molecule has 2 aromatic rings. The molecule has 0 aliphatic carbocycles. The summed E-state index contributed by atoms with van der Waals surface area (Å²) in [7, 11) is 0. The maximum Gasteiger partial charge on any atom is 0.417 e. The molecule has 11 heteroatoms. The third-order valence-corrected chi connectivity index (χ3v) is 3.72. The Kier molecular flexibility index (Phi) is 5.12. The van der Waals surface area contributed by atoms with Crippen LogP contribution in [0.5, 0.6) is 0 Å². The summed E-state index contributed by atoms with van der Waals surface area (Å²) >= 11 is 0. The minimum absolute atomic E-state index is 0.132. The van der Waals surface area contributed by atoms with Crippen molar-refractivity contribution in [3.05, 3.63) is 58.1 Å². The molecule has 0 saturated heterocycles. The highest BCUT2D eigenvalue weighted by Gasteiger charge is 2.36. The van der Waals surface area contributed by atoms with Gasteiger partial charge in [-0.05, 0) is 35.4 Å². The van der Waals surface area contributed by atoms with Crippen LogP contribution < -0.4 is 0 Å². The van der Waals surface area contributed by atoms with Gasteiger partial charge in [0.25, 0.3) is 0 Å². The van der Waals surface area contributed by atoms with Crippen molar-refractivity contribution in [1.29, 1.82) is 0 Å². The zero-order chi connectivity index (χ0) is 21.4.